The van der Waals surface area contributed by atoms with Gasteiger partial charge in [-0.2, -0.15) is 0 Å². The fourth-order valence-electron chi connectivity index (χ4n) is 4.50. The molecular weight excluding hydrogens is 535 g/mol. The Hall–Kier alpha value is -2.91. The first-order valence-corrected chi connectivity index (χ1v) is 13.8. The number of nitrogens with zero attached hydrogens (tertiary/aromatic N) is 2. The lowest BCUT2D eigenvalue weighted by Crippen LogP contribution is -2.51. The van der Waals surface area contributed by atoms with E-state index in [9.17, 15) is 4.79 Å². The molecule has 5 N–H and O–H groups in total. The molecule has 208 valence electrons. The van der Waals surface area contributed by atoms with Crippen LogP contribution in [0.15, 0.2) is 42.6 Å². The van der Waals surface area contributed by atoms with E-state index in [0.717, 1.165) is 29.7 Å². The van der Waals surface area contributed by atoms with Crippen molar-refractivity contribution in [2.75, 3.05) is 17.6 Å². The molecule has 3 aromatic rings. The Morgan fingerprint density at radius 3 is 2.62 bits per heavy atom. The van der Waals surface area contributed by atoms with Crippen LogP contribution in [0.25, 0.3) is 11.3 Å². The molecule has 2 atom stereocenters. The first-order valence-electron chi connectivity index (χ1n) is 13.1. The summed E-state index contributed by atoms with van der Waals surface area (Å²) < 4.78 is 5.56. The smallest absolute Gasteiger partial charge is 0.323 e. The molecule has 1 unspecified atom stereocenters. The number of carbonyl (C=O) groups excluding carboxylic acids is 1. The van der Waals surface area contributed by atoms with Gasteiger partial charge in [-0.05, 0) is 76.4 Å². The van der Waals surface area contributed by atoms with Crippen molar-refractivity contribution in [2.24, 2.45) is 0 Å². The number of hydrogen-bond acceptors (Lipinski definition) is 8. The van der Waals surface area contributed by atoms with Crippen molar-refractivity contribution in [2.45, 2.75) is 71.3 Å². The molecule has 4 rings (SSSR count). The van der Waals surface area contributed by atoms with Crippen molar-refractivity contribution >= 4 is 40.8 Å². The zero-order valence-corrected chi connectivity index (χ0v) is 24.3. The number of aromatic nitrogens is 2. The highest BCUT2D eigenvalue weighted by atomic mass is 35.5. The highest BCUT2D eigenvalue weighted by molar-refractivity contribution is 6.36. The largest absolute Gasteiger partial charge is 0.459 e. The SMILES string of the molecule is Cc1cc(-c2cnc(N)c(NCc3c(Cl)cccc3Cl)n2)ccc1CNC1CCN[C@@H](C(=O)OC(C)(C)C)C1. The number of ether oxygens (including phenoxy) is 1. The van der Waals surface area contributed by atoms with Crippen LogP contribution in [0.3, 0.4) is 0 Å². The second kappa shape index (κ2) is 12.5. The highest BCUT2D eigenvalue weighted by Gasteiger charge is 2.30. The molecule has 2 heterocycles. The molecule has 1 saturated heterocycles. The number of aryl methyl sites for hydroxylation is 1. The molecule has 0 saturated carbocycles. The molecule has 1 aromatic heterocycles. The summed E-state index contributed by atoms with van der Waals surface area (Å²) in [6.45, 7) is 9.59. The van der Waals surface area contributed by atoms with Crippen LogP contribution in [0.5, 0.6) is 0 Å². The summed E-state index contributed by atoms with van der Waals surface area (Å²) in [6.07, 6.45) is 3.32. The summed E-state index contributed by atoms with van der Waals surface area (Å²) >= 11 is 12.6. The summed E-state index contributed by atoms with van der Waals surface area (Å²) in [7, 11) is 0. The van der Waals surface area contributed by atoms with Gasteiger partial charge in [-0.3, -0.25) is 4.79 Å². The van der Waals surface area contributed by atoms with Gasteiger partial charge in [-0.25, -0.2) is 9.97 Å². The van der Waals surface area contributed by atoms with Crippen LogP contribution in [0.1, 0.15) is 50.3 Å². The predicted molar refractivity (Wildman–Crippen MR) is 158 cm³/mol. The third-order valence-electron chi connectivity index (χ3n) is 6.61. The molecule has 1 aliphatic heterocycles. The molecule has 0 radical (unpaired) electrons. The standard InChI is InChI=1S/C29H36Cl2N6O2/c1-17-12-18(25-16-35-26(32)27(37-25)36-15-21-22(30)6-5-7-23(21)31)8-9-19(17)14-34-20-10-11-33-24(13-20)28(38)39-29(2,3)4/h5-9,12,16,20,24,33-34H,10-11,13-15H2,1-4H3,(H2,32,35)(H,36,37)/t20?,24-/m1/s1. The van der Waals surface area contributed by atoms with Crippen molar-refractivity contribution in [1.82, 2.24) is 20.6 Å². The number of benzene rings is 2. The second-order valence-corrected chi connectivity index (χ2v) is 11.6. The summed E-state index contributed by atoms with van der Waals surface area (Å²) in [5, 5.41) is 11.3. The zero-order valence-electron chi connectivity index (χ0n) is 22.8. The minimum atomic E-state index is -0.493. The number of piperidine rings is 1. The average Bonchev–Trinajstić information content (AvgIpc) is 2.88. The summed E-state index contributed by atoms with van der Waals surface area (Å²) in [6, 6.07) is 11.5. The van der Waals surface area contributed by atoms with Crippen LogP contribution in [-0.2, 0) is 22.6 Å². The Bertz CT molecular complexity index is 1310. The molecule has 0 amide bonds. The topological polar surface area (TPSA) is 114 Å². The van der Waals surface area contributed by atoms with Gasteiger partial charge >= 0.3 is 5.97 Å². The fraction of sp³-hybridized carbons (Fsp3) is 0.414. The van der Waals surface area contributed by atoms with E-state index in [0.29, 0.717) is 46.9 Å². The number of halogens is 2. The van der Waals surface area contributed by atoms with E-state index in [1.165, 1.54) is 5.56 Å². The minimum Gasteiger partial charge on any atom is -0.459 e. The van der Waals surface area contributed by atoms with Crippen molar-refractivity contribution < 1.29 is 9.53 Å². The number of anilines is 2. The molecule has 39 heavy (non-hydrogen) atoms. The Labute approximate surface area is 240 Å². The number of rotatable bonds is 8. The fourth-order valence-corrected chi connectivity index (χ4v) is 5.04. The molecule has 0 aliphatic carbocycles. The minimum absolute atomic E-state index is 0.192. The maximum atomic E-state index is 12.5. The Morgan fingerprint density at radius 1 is 1.18 bits per heavy atom. The van der Waals surface area contributed by atoms with Gasteiger partial charge in [0.1, 0.15) is 11.6 Å². The first-order chi connectivity index (χ1) is 18.5. The summed E-state index contributed by atoms with van der Waals surface area (Å²) in [5.74, 6) is 0.575. The molecule has 2 aromatic carbocycles. The lowest BCUT2D eigenvalue weighted by Gasteiger charge is -2.32. The lowest BCUT2D eigenvalue weighted by molar-refractivity contribution is -0.158. The third-order valence-corrected chi connectivity index (χ3v) is 7.32. The Balaban J connectivity index is 1.39. The normalized spacial score (nSPS) is 17.6. The number of hydrogen-bond donors (Lipinski definition) is 4. The monoisotopic (exact) mass is 570 g/mol. The number of nitrogen functional groups attached to an aromatic ring is 1. The van der Waals surface area contributed by atoms with Gasteiger partial charge in [0.2, 0.25) is 0 Å². The third kappa shape index (κ3) is 7.82. The molecule has 8 nitrogen and oxygen atoms in total. The van der Waals surface area contributed by atoms with Gasteiger partial charge in [-0.1, -0.05) is 41.4 Å². The number of nitrogens with one attached hydrogen (secondary N) is 3. The van der Waals surface area contributed by atoms with Crippen molar-refractivity contribution in [3.63, 3.8) is 0 Å². The van der Waals surface area contributed by atoms with E-state index < -0.39 is 5.60 Å². The van der Waals surface area contributed by atoms with Gasteiger partial charge in [-0.15, -0.1) is 0 Å². The van der Waals surface area contributed by atoms with Gasteiger partial charge < -0.3 is 26.4 Å². The van der Waals surface area contributed by atoms with E-state index in [1.807, 2.05) is 26.8 Å². The average molecular weight is 572 g/mol. The number of carbonyl (C=O) groups is 1. The zero-order chi connectivity index (χ0) is 28.2. The second-order valence-electron chi connectivity index (χ2n) is 10.8. The van der Waals surface area contributed by atoms with Crippen LogP contribution in [0, 0.1) is 6.92 Å². The van der Waals surface area contributed by atoms with Gasteiger partial charge in [0.15, 0.2) is 11.6 Å². The molecule has 1 fully saturated rings. The van der Waals surface area contributed by atoms with Crippen LogP contribution in [0.4, 0.5) is 11.6 Å². The molecule has 0 bridgehead atoms. The molecule has 1 aliphatic rings. The summed E-state index contributed by atoms with van der Waals surface area (Å²) in [5.41, 5.74) is 10.3. The van der Waals surface area contributed by atoms with E-state index >= 15 is 0 Å². The van der Waals surface area contributed by atoms with E-state index in [4.69, 9.17) is 38.7 Å². The van der Waals surface area contributed by atoms with Crippen LogP contribution < -0.4 is 21.7 Å². The van der Waals surface area contributed by atoms with Crippen molar-refractivity contribution in [3.8, 4) is 11.3 Å². The van der Waals surface area contributed by atoms with Crippen molar-refractivity contribution in [1.29, 1.82) is 0 Å². The van der Waals surface area contributed by atoms with Gasteiger partial charge in [0.05, 0.1) is 11.9 Å². The molecule has 0 spiro atoms. The van der Waals surface area contributed by atoms with Crippen LogP contribution in [0.2, 0.25) is 10.0 Å². The predicted octanol–water partition coefficient (Wildman–Crippen LogP) is 5.51. The van der Waals surface area contributed by atoms with Crippen LogP contribution >= 0.6 is 23.2 Å². The van der Waals surface area contributed by atoms with E-state index in [2.05, 4.69) is 40.0 Å². The quantitative estimate of drug-likeness (QED) is 0.262. The molecular formula is C29H36Cl2N6O2. The maximum Gasteiger partial charge on any atom is 0.323 e. The van der Waals surface area contributed by atoms with E-state index in [1.54, 1.807) is 24.4 Å². The molecule has 10 heteroatoms. The van der Waals surface area contributed by atoms with Gasteiger partial charge in [0, 0.05) is 40.3 Å². The van der Waals surface area contributed by atoms with E-state index in [-0.39, 0.29) is 18.1 Å². The maximum absolute atomic E-state index is 12.5. The number of esters is 1. The van der Waals surface area contributed by atoms with Crippen molar-refractivity contribution in [3.05, 3.63) is 69.3 Å². The Kier molecular flexibility index (Phi) is 9.33. The van der Waals surface area contributed by atoms with Crippen LogP contribution in [-0.4, -0.2) is 40.2 Å². The Morgan fingerprint density at radius 2 is 1.92 bits per heavy atom. The highest BCUT2D eigenvalue weighted by Crippen LogP contribution is 2.27. The lowest BCUT2D eigenvalue weighted by atomic mass is 9.98. The summed E-state index contributed by atoms with van der Waals surface area (Å²) in [4.78, 5) is 21.5. The first kappa shape index (κ1) is 29.1. The van der Waals surface area contributed by atoms with Gasteiger partial charge in [0.25, 0.3) is 0 Å². The number of nitrogens with two attached hydrogens (primary N) is 1.